The summed E-state index contributed by atoms with van der Waals surface area (Å²) in [6, 6.07) is 18.5. The molecule has 0 radical (unpaired) electrons. The molecule has 2 aromatic carbocycles. The first-order valence-electron chi connectivity index (χ1n) is 8.79. The smallest absolute Gasteiger partial charge is 0.229 e. The van der Waals surface area contributed by atoms with Crippen molar-refractivity contribution in [1.82, 2.24) is 9.97 Å². The third-order valence-corrected chi connectivity index (χ3v) is 4.13. The number of aryl methyl sites for hydroxylation is 2. The van der Waals surface area contributed by atoms with Crippen molar-refractivity contribution in [3.8, 4) is 0 Å². The molecule has 5 nitrogen and oxygen atoms in total. The van der Waals surface area contributed by atoms with Gasteiger partial charge in [0.25, 0.3) is 0 Å². The van der Waals surface area contributed by atoms with Gasteiger partial charge in [0.2, 0.25) is 5.95 Å². The molecule has 1 aromatic heterocycles. The van der Waals surface area contributed by atoms with Crippen molar-refractivity contribution < 1.29 is 0 Å². The average Bonchev–Trinajstić information content (AvgIpc) is 2.62. The second-order valence-corrected chi connectivity index (χ2v) is 6.46. The molecular weight excluding hydrogens is 322 g/mol. The van der Waals surface area contributed by atoms with E-state index in [1.54, 1.807) is 0 Å². The predicted octanol–water partition coefficient (Wildman–Crippen LogP) is 4.90. The van der Waals surface area contributed by atoms with Crippen LogP contribution in [0.15, 0.2) is 54.6 Å². The normalized spacial score (nSPS) is 10.5. The van der Waals surface area contributed by atoms with E-state index in [1.807, 2.05) is 39.2 Å². The Morgan fingerprint density at radius 3 is 2.08 bits per heavy atom. The summed E-state index contributed by atoms with van der Waals surface area (Å²) in [7, 11) is 4.06. The Morgan fingerprint density at radius 2 is 1.46 bits per heavy atom. The standard InChI is InChI=1S/C21H25N5/c1-5-16-6-8-18(9-7-16)24-21-22-15(2)14-20(25-21)23-17-10-12-19(13-11-17)26(3)4/h6-14H,5H2,1-4H3,(H2,22,23,24,25). The van der Waals surface area contributed by atoms with E-state index in [4.69, 9.17) is 0 Å². The third-order valence-electron chi connectivity index (χ3n) is 4.13. The predicted molar refractivity (Wildman–Crippen MR) is 110 cm³/mol. The van der Waals surface area contributed by atoms with Crippen molar-refractivity contribution >= 4 is 28.8 Å². The summed E-state index contributed by atoms with van der Waals surface area (Å²) in [6.45, 7) is 4.11. The molecule has 0 aliphatic carbocycles. The molecule has 0 spiro atoms. The monoisotopic (exact) mass is 347 g/mol. The molecule has 3 aromatic rings. The SMILES string of the molecule is CCc1ccc(Nc2nc(C)cc(Nc3ccc(N(C)C)cc3)n2)cc1. The van der Waals surface area contributed by atoms with Crippen LogP contribution in [0, 0.1) is 6.92 Å². The van der Waals surface area contributed by atoms with E-state index in [2.05, 4.69) is 68.8 Å². The number of benzene rings is 2. The van der Waals surface area contributed by atoms with Crippen molar-refractivity contribution in [2.45, 2.75) is 20.3 Å². The first kappa shape index (κ1) is 17.7. The molecular formula is C21H25N5. The van der Waals surface area contributed by atoms with Crippen LogP contribution in [-0.2, 0) is 6.42 Å². The van der Waals surface area contributed by atoms with Gasteiger partial charge in [0.1, 0.15) is 5.82 Å². The lowest BCUT2D eigenvalue weighted by molar-refractivity contribution is 1.10. The fourth-order valence-electron chi connectivity index (χ4n) is 2.63. The second kappa shape index (κ2) is 7.87. The quantitative estimate of drug-likeness (QED) is 0.664. The van der Waals surface area contributed by atoms with Crippen LogP contribution in [-0.4, -0.2) is 24.1 Å². The molecule has 1 heterocycles. The Bertz CT molecular complexity index is 855. The molecule has 0 aliphatic rings. The van der Waals surface area contributed by atoms with Crippen LogP contribution in [0.25, 0.3) is 0 Å². The van der Waals surface area contributed by atoms with E-state index in [0.717, 1.165) is 35.0 Å². The van der Waals surface area contributed by atoms with Gasteiger partial charge in [-0.1, -0.05) is 19.1 Å². The van der Waals surface area contributed by atoms with Crippen molar-refractivity contribution in [2.75, 3.05) is 29.6 Å². The van der Waals surface area contributed by atoms with Gasteiger partial charge >= 0.3 is 0 Å². The van der Waals surface area contributed by atoms with Crippen LogP contribution in [0.3, 0.4) is 0 Å². The third kappa shape index (κ3) is 4.51. The molecule has 26 heavy (non-hydrogen) atoms. The summed E-state index contributed by atoms with van der Waals surface area (Å²) >= 11 is 0. The summed E-state index contributed by atoms with van der Waals surface area (Å²) in [5, 5.41) is 6.62. The number of hydrogen-bond acceptors (Lipinski definition) is 5. The van der Waals surface area contributed by atoms with Gasteiger partial charge in [0.15, 0.2) is 0 Å². The van der Waals surface area contributed by atoms with E-state index >= 15 is 0 Å². The first-order chi connectivity index (χ1) is 12.5. The van der Waals surface area contributed by atoms with E-state index in [-0.39, 0.29) is 0 Å². The highest BCUT2D eigenvalue weighted by atomic mass is 15.1. The van der Waals surface area contributed by atoms with E-state index in [1.165, 1.54) is 5.56 Å². The highest BCUT2D eigenvalue weighted by Crippen LogP contribution is 2.21. The van der Waals surface area contributed by atoms with Crippen molar-refractivity contribution in [1.29, 1.82) is 0 Å². The Labute approximate surface area is 155 Å². The van der Waals surface area contributed by atoms with Crippen molar-refractivity contribution in [2.24, 2.45) is 0 Å². The maximum Gasteiger partial charge on any atom is 0.229 e. The van der Waals surface area contributed by atoms with Crippen LogP contribution in [0.1, 0.15) is 18.2 Å². The summed E-state index contributed by atoms with van der Waals surface area (Å²) < 4.78 is 0. The molecule has 0 saturated carbocycles. The lowest BCUT2D eigenvalue weighted by atomic mass is 10.1. The van der Waals surface area contributed by atoms with Crippen LogP contribution < -0.4 is 15.5 Å². The minimum absolute atomic E-state index is 0.585. The van der Waals surface area contributed by atoms with Crippen LogP contribution in [0.5, 0.6) is 0 Å². The number of rotatable bonds is 6. The van der Waals surface area contributed by atoms with Gasteiger partial charge in [-0.25, -0.2) is 4.98 Å². The van der Waals surface area contributed by atoms with Gasteiger partial charge in [-0.15, -0.1) is 0 Å². The molecule has 2 N–H and O–H groups in total. The van der Waals surface area contributed by atoms with Crippen LogP contribution in [0.2, 0.25) is 0 Å². The molecule has 134 valence electrons. The maximum absolute atomic E-state index is 4.58. The first-order valence-corrected chi connectivity index (χ1v) is 8.79. The van der Waals surface area contributed by atoms with Crippen LogP contribution >= 0.6 is 0 Å². The second-order valence-electron chi connectivity index (χ2n) is 6.46. The molecule has 0 unspecified atom stereocenters. The number of anilines is 5. The summed E-state index contributed by atoms with van der Waals surface area (Å²) in [5.74, 6) is 1.35. The Hall–Kier alpha value is -3.08. The van der Waals surface area contributed by atoms with Crippen molar-refractivity contribution in [3.05, 3.63) is 65.9 Å². The van der Waals surface area contributed by atoms with Crippen LogP contribution in [0.4, 0.5) is 28.8 Å². The average molecular weight is 347 g/mol. The molecule has 0 bridgehead atoms. The molecule has 0 atom stereocenters. The van der Waals surface area contributed by atoms with E-state index < -0.39 is 0 Å². The number of nitrogens with one attached hydrogen (secondary N) is 2. The number of aromatic nitrogens is 2. The molecule has 0 aliphatic heterocycles. The highest BCUT2D eigenvalue weighted by Gasteiger charge is 2.04. The fraction of sp³-hybridized carbons (Fsp3) is 0.238. The maximum atomic E-state index is 4.58. The molecule has 3 rings (SSSR count). The lowest BCUT2D eigenvalue weighted by Crippen LogP contribution is -2.08. The zero-order valence-corrected chi connectivity index (χ0v) is 15.7. The zero-order valence-electron chi connectivity index (χ0n) is 15.7. The van der Waals surface area contributed by atoms with Gasteiger partial charge < -0.3 is 15.5 Å². The van der Waals surface area contributed by atoms with Gasteiger partial charge in [-0.3, -0.25) is 0 Å². The molecule has 5 heteroatoms. The molecule has 0 fully saturated rings. The minimum Gasteiger partial charge on any atom is -0.378 e. The number of hydrogen-bond donors (Lipinski definition) is 2. The Balaban J connectivity index is 1.76. The summed E-state index contributed by atoms with van der Waals surface area (Å²) in [6.07, 6.45) is 1.03. The summed E-state index contributed by atoms with van der Waals surface area (Å²) in [5.41, 5.74) is 5.35. The molecule has 0 saturated heterocycles. The number of nitrogens with zero attached hydrogens (tertiary/aromatic N) is 3. The summed E-state index contributed by atoms with van der Waals surface area (Å²) in [4.78, 5) is 11.1. The lowest BCUT2D eigenvalue weighted by Gasteiger charge is -2.14. The van der Waals surface area contributed by atoms with E-state index in [0.29, 0.717) is 5.95 Å². The zero-order chi connectivity index (χ0) is 18.5. The van der Waals surface area contributed by atoms with E-state index in [9.17, 15) is 0 Å². The van der Waals surface area contributed by atoms with Gasteiger partial charge in [-0.2, -0.15) is 4.98 Å². The topological polar surface area (TPSA) is 53.1 Å². The van der Waals surface area contributed by atoms with Gasteiger partial charge in [0, 0.05) is 42.9 Å². The Kier molecular flexibility index (Phi) is 5.37. The van der Waals surface area contributed by atoms with Gasteiger partial charge in [0.05, 0.1) is 0 Å². The molecule has 0 amide bonds. The largest absolute Gasteiger partial charge is 0.378 e. The Morgan fingerprint density at radius 1 is 0.846 bits per heavy atom. The van der Waals surface area contributed by atoms with Gasteiger partial charge in [-0.05, 0) is 55.3 Å². The highest BCUT2D eigenvalue weighted by molar-refractivity contribution is 5.62. The minimum atomic E-state index is 0.585. The fourth-order valence-corrected chi connectivity index (χ4v) is 2.63. The van der Waals surface area contributed by atoms with Crippen molar-refractivity contribution in [3.63, 3.8) is 0 Å².